The summed E-state index contributed by atoms with van der Waals surface area (Å²) >= 11 is 0. The van der Waals surface area contributed by atoms with Crippen LogP contribution >= 0.6 is 0 Å². The molecular weight excluding hydrogens is 166 g/mol. The maximum Gasteiger partial charge on any atom is 0.0763 e. The molecular formula is C10H23NO2. The molecule has 0 aromatic heterocycles. The van der Waals surface area contributed by atoms with Crippen LogP contribution in [0.15, 0.2) is 0 Å². The minimum Gasteiger partial charge on any atom is -0.389 e. The van der Waals surface area contributed by atoms with Gasteiger partial charge in [-0.25, -0.2) is 0 Å². The Balaban J connectivity index is 3.44. The van der Waals surface area contributed by atoms with Gasteiger partial charge in [0.1, 0.15) is 0 Å². The van der Waals surface area contributed by atoms with E-state index in [1.807, 2.05) is 0 Å². The molecule has 0 aliphatic heterocycles. The maximum atomic E-state index is 9.56. The zero-order valence-electron chi connectivity index (χ0n) is 9.05. The Morgan fingerprint density at radius 1 is 1.54 bits per heavy atom. The summed E-state index contributed by atoms with van der Waals surface area (Å²) < 4.78 is 5.50. The van der Waals surface area contributed by atoms with Gasteiger partial charge < -0.3 is 15.6 Å². The van der Waals surface area contributed by atoms with E-state index in [4.69, 9.17) is 10.5 Å². The van der Waals surface area contributed by atoms with Gasteiger partial charge in [0.2, 0.25) is 0 Å². The minimum atomic E-state index is -0.772. The van der Waals surface area contributed by atoms with Crippen LogP contribution in [0.3, 0.4) is 0 Å². The largest absolute Gasteiger partial charge is 0.389 e. The van der Waals surface area contributed by atoms with Gasteiger partial charge in [-0.15, -0.1) is 0 Å². The van der Waals surface area contributed by atoms with Crippen LogP contribution in [0.4, 0.5) is 0 Å². The van der Waals surface area contributed by atoms with Crippen molar-refractivity contribution in [2.45, 2.75) is 51.7 Å². The summed E-state index contributed by atoms with van der Waals surface area (Å²) in [6, 6.07) is 0. The summed E-state index contributed by atoms with van der Waals surface area (Å²) in [6.45, 7) is 6.81. The molecule has 80 valence electrons. The molecule has 0 amide bonds. The zero-order valence-corrected chi connectivity index (χ0v) is 9.05. The topological polar surface area (TPSA) is 55.5 Å². The molecule has 0 spiro atoms. The third-order valence-electron chi connectivity index (χ3n) is 2.18. The molecule has 0 radical (unpaired) electrons. The fourth-order valence-electron chi connectivity index (χ4n) is 1.07. The summed E-state index contributed by atoms with van der Waals surface area (Å²) in [6.07, 6.45) is 3.11. The quantitative estimate of drug-likeness (QED) is 0.634. The molecule has 3 nitrogen and oxygen atoms in total. The van der Waals surface area contributed by atoms with Crippen molar-refractivity contribution in [3.05, 3.63) is 0 Å². The van der Waals surface area contributed by atoms with E-state index in [-0.39, 0.29) is 0 Å². The molecule has 2 atom stereocenters. The number of aliphatic hydroxyl groups is 1. The van der Waals surface area contributed by atoms with Gasteiger partial charge in [-0.2, -0.15) is 0 Å². The standard InChI is InChI=1S/C10H23NO2/c1-4-5-9(2)13-7-6-10(3,12)8-11/h9,12H,4-8,11H2,1-3H3. The first-order chi connectivity index (χ1) is 6.02. The highest BCUT2D eigenvalue weighted by atomic mass is 16.5. The highest BCUT2D eigenvalue weighted by molar-refractivity contribution is 4.72. The summed E-state index contributed by atoms with van der Waals surface area (Å²) in [5.41, 5.74) is 4.60. The molecule has 3 heteroatoms. The second kappa shape index (κ2) is 6.35. The van der Waals surface area contributed by atoms with Crippen molar-refractivity contribution in [1.29, 1.82) is 0 Å². The van der Waals surface area contributed by atoms with Gasteiger partial charge in [-0.3, -0.25) is 0 Å². The predicted octanol–water partition coefficient (Wildman–Crippen LogP) is 1.29. The fraction of sp³-hybridized carbons (Fsp3) is 1.00. The van der Waals surface area contributed by atoms with Crippen molar-refractivity contribution >= 4 is 0 Å². The highest BCUT2D eigenvalue weighted by Crippen LogP contribution is 2.09. The average molecular weight is 189 g/mol. The Labute approximate surface area is 81.3 Å². The number of hydrogen-bond acceptors (Lipinski definition) is 3. The molecule has 0 heterocycles. The molecule has 0 rings (SSSR count). The summed E-state index contributed by atoms with van der Waals surface area (Å²) in [7, 11) is 0. The van der Waals surface area contributed by atoms with Gasteiger partial charge in [-0.1, -0.05) is 13.3 Å². The molecule has 0 aromatic carbocycles. The van der Waals surface area contributed by atoms with Crippen LogP contribution in [0.5, 0.6) is 0 Å². The minimum absolute atomic E-state index is 0.290. The van der Waals surface area contributed by atoms with Gasteiger partial charge in [0.05, 0.1) is 11.7 Å². The SMILES string of the molecule is CCCC(C)OCCC(C)(O)CN. The van der Waals surface area contributed by atoms with Crippen LogP contribution in [0, 0.1) is 0 Å². The first kappa shape index (κ1) is 12.9. The Morgan fingerprint density at radius 2 is 2.15 bits per heavy atom. The van der Waals surface area contributed by atoms with Crippen molar-refractivity contribution in [3.8, 4) is 0 Å². The molecule has 0 aromatic rings. The van der Waals surface area contributed by atoms with E-state index >= 15 is 0 Å². The van der Waals surface area contributed by atoms with Gasteiger partial charge in [0.15, 0.2) is 0 Å². The van der Waals surface area contributed by atoms with Crippen LogP contribution in [0.25, 0.3) is 0 Å². The summed E-state index contributed by atoms with van der Waals surface area (Å²) in [5, 5.41) is 9.56. The van der Waals surface area contributed by atoms with Crippen molar-refractivity contribution < 1.29 is 9.84 Å². The lowest BCUT2D eigenvalue weighted by Gasteiger charge is -2.22. The summed E-state index contributed by atoms with van der Waals surface area (Å²) in [4.78, 5) is 0. The number of ether oxygens (including phenoxy) is 1. The van der Waals surface area contributed by atoms with Gasteiger partial charge in [0.25, 0.3) is 0 Å². The Bertz CT molecular complexity index is 126. The van der Waals surface area contributed by atoms with E-state index in [1.54, 1.807) is 6.92 Å². The van der Waals surface area contributed by atoms with Crippen LogP contribution in [0.2, 0.25) is 0 Å². The summed E-state index contributed by atoms with van der Waals surface area (Å²) in [5.74, 6) is 0. The average Bonchev–Trinajstić information content (AvgIpc) is 2.05. The van der Waals surface area contributed by atoms with Gasteiger partial charge in [-0.05, 0) is 20.3 Å². The van der Waals surface area contributed by atoms with E-state index in [1.165, 1.54) is 0 Å². The normalized spacial score (nSPS) is 18.2. The van der Waals surface area contributed by atoms with Crippen LogP contribution in [0.1, 0.15) is 40.0 Å². The van der Waals surface area contributed by atoms with E-state index < -0.39 is 5.60 Å². The Hall–Kier alpha value is -0.120. The number of rotatable bonds is 7. The van der Waals surface area contributed by atoms with Crippen LogP contribution in [-0.4, -0.2) is 30.0 Å². The van der Waals surface area contributed by atoms with Crippen molar-refractivity contribution in [3.63, 3.8) is 0 Å². The molecule has 0 fully saturated rings. The lowest BCUT2D eigenvalue weighted by atomic mass is 10.0. The molecule has 0 aliphatic rings. The molecule has 0 saturated heterocycles. The Kier molecular flexibility index (Phi) is 6.29. The highest BCUT2D eigenvalue weighted by Gasteiger charge is 2.17. The van der Waals surface area contributed by atoms with E-state index in [2.05, 4.69) is 13.8 Å². The van der Waals surface area contributed by atoms with Gasteiger partial charge in [0, 0.05) is 19.6 Å². The third kappa shape index (κ3) is 6.99. The predicted molar refractivity (Wildman–Crippen MR) is 54.6 cm³/mol. The van der Waals surface area contributed by atoms with Crippen molar-refractivity contribution in [2.24, 2.45) is 5.73 Å². The Morgan fingerprint density at radius 3 is 2.62 bits per heavy atom. The van der Waals surface area contributed by atoms with E-state index in [0.29, 0.717) is 25.7 Å². The molecule has 0 aliphatic carbocycles. The molecule has 3 N–H and O–H groups in total. The maximum absolute atomic E-state index is 9.56. The fourth-order valence-corrected chi connectivity index (χ4v) is 1.07. The van der Waals surface area contributed by atoms with E-state index in [0.717, 1.165) is 12.8 Å². The first-order valence-corrected chi connectivity index (χ1v) is 5.06. The number of hydrogen-bond donors (Lipinski definition) is 2. The monoisotopic (exact) mass is 189 g/mol. The zero-order chi connectivity index (χ0) is 10.3. The third-order valence-corrected chi connectivity index (χ3v) is 2.18. The van der Waals surface area contributed by atoms with E-state index in [9.17, 15) is 5.11 Å². The smallest absolute Gasteiger partial charge is 0.0763 e. The van der Waals surface area contributed by atoms with Crippen molar-refractivity contribution in [2.75, 3.05) is 13.2 Å². The lowest BCUT2D eigenvalue weighted by molar-refractivity contribution is -0.00310. The first-order valence-electron chi connectivity index (χ1n) is 5.06. The molecule has 2 unspecified atom stereocenters. The number of nitrogens with two attached hydrogens (primary N) is 1. The van der Waals surface area contributed by atoms with Crippen molar-refractivity contribution in [1.82, 2.24) is 0 Å². The molecule has 13 heavy (non-hydrogen) atoms. The lowest BCUT2D eigenvalue weighted by Crippen LogP contribution is -2.35. The van der Waals surface area contributed by atoms with Crippen LogP contribution in [-0.2, 0) is 4.74 Å². The molecule has 0 bridgehead atoms. The van der Waals surface area contributed by atoms with Gasteiger partial charge >= 0.3 is 0 Å². The molecule has 0 saturated carbocycles. The second-order valence-corrected chi connectivity index (χ2v) is 3.92. The van der Waals surface area contributed by atoms with Crippen LogP contribution < -0.4 is 5.73 Å². The second-order valence-electron chi connectivity index (χ2n) is 3.92.